The molecule has 0 bridgehead atoms. The third kappa shape index (κ3) is 2.54. The average molecular weight is 270 g/mol. The SMILES string of the molecule is Cc1cc(Cl)ccc1C(O)C1(CN)CCCOC1. The summed E-state index contributed by atoms with van der Waals surface area (Å²) < 4.78 is 5.52. The normalized spacial score (nSPS) is 26.0. The van der Waals surface area contributed by atoms with Crippen molar-refractivity contribution in [2.75, 3.05) is 19.8 Å². The first kappa shape index (κ1) is 13.8. The van der Waals surface area contributed by atoms with Gasteiger partial charge in [0, 0.05) is 23.6 Å². The molecule has 2 rings (SSSR count). The van der Waals surface area contributed by atoms with Crippen LogP contribution in [0.3, 0.4) is 0 Å². The standard InChI is InChI=1S/C14H20ClNO2/c1-10-7-11(15)3-4-12(10)13(17)14(8-16)5-2-6-18-9-14/h3-4,7,13,17H,2,5-6,8-9,16H2,1H3. The highest BCUT2D eigenvalue weighted by Gasteiger charge is 2.40. The topological polar surface area (TPSA) is 55.5 Å². The summed E-state index contributed by atoms with van der Waals surface area (Å²) >= 11 is 5.94. The van der Waals surface area contributed by atoms with E-state index in [-0.39, 0.29) is 5.41 Å². The van der Waals surface area contributed by atoms with Crippen LogP contribution in [0.25, 0.3) is 0 Å². The molecule has 18 heavy (non-hydrogen) atoms. The number of aliphatic hydroxyl groups excluding tert-OH is 1. The van der Waals surface area contributed by atoms with Gasteiger partial charge in [-0.05, 0) is 43.0 Å². The molecular formula is C14H20ClNO2. The molecule has 0 saturated carbocycles. The van der Waals surface area contributed by atoms with Gasteiger partial charge in [-0.1, -0.05) is 17.7 Å². The Labute approximate surface area is 113 Å². The predicted octanol–water partition coefficient (Wildman–Crippen LogP) is 2.44. The van der Waals surface area contributed by atoms with Gasteiger partial charge >= 0.3 is 0 Å². The molecule has 3 N–H and O–H groups in total. The number of halogens is 1. The van der Waals surface area contributed by atoms with Crippen molar-refractivity contribution in [1.29, 1.82) is 0 Å². The van der Waals surface area contributed by atoms with E-state index in [1.165, 1.54) is 0 Å². The number of hydrogen-bond donors (Lipinski definition) is 2. The van der Waals surface area contributed by atoms with Crippen molar-refractivity contribution in [3.8, 4) is 0 Å². The Morgan fingerprint density at radius 1 is 1.56 bits per heavy atom. The van der Waals surface area contributed by atoms with E-state index in [1.54, 1.807) is 6.07 Å². The number of benzene rings is 1. The van der Waals surface area contributed by atoms with E-state index in [0.717, 1.165) is 30.6 Å². The van der Waals surface area contributed by atoms with E-state index in [2.05, 4.69) is 0 Å². The fraction of sp³-hybridized carbons (Fsp3) is 0.571. The zero-order chi connectivity index (χ0) is 13.2. The van der Waals surface area contributed by atoms with Crippen LogP contribution in [0.4, 0.5) is 0 Å². The molecule has 1 aromatic carbocycles. The quantitative estimate of drug-likeness (QED) is 0.886. The summed E-state index contributed by atoms with van der Waals surface area (Å²) in [5, 5.41) is 11.3. The van der Waals surface area contributed by atoms with Gasteiger partial charge in [-0.2, -0.15) is 0 Å². The van der Waals surface area contributed by atoms with Gasteiger partial charge in [-0.15, -0.1) is 0 Å². The van der Waals surface area contributed by atoms with Gasteiger partial charge in [-0.3, -0.25) is 0 Å². The van der Waals surface area contributed by atoms with Crippen molar-refractivity contribution in [3.63, 3.8) is 0 Å². The van der Waals surface area contributed by atoms with Crippen LogP contribution in [0.15, 0.2) is 18.2 Å². The van der Waals surface area contributed by atoms with Crippen molar-refractivity contribution < 1.29 is 9.84 Å². The lowest BCUT2D eigenvalue weighted by Crippen LogP contribution is -2.43. The second-order valence-electron chi connectivity index (χ2n) is 5.13. The Morgan fingerprint density at radius 3 is 2.89 bits per heavy atom. The third-order valence-corrected chi connectivity index (χ3v) is 4.10. The van der Waals surface area contributed by atoms with Crippen LogP contribution in [-0.2, 0) is 4.74 Å². The van der Waals surface area contributed by atoms with Gasteiger partial charge in [0.05, 0.1) is 12.7 Å². The van der Waals surface area contributed by atoms with Gasteiger partial charge < -0.3 is 15.6 Å². The van der Waals surface area contributed by atoms with Crippen molar-refractivity contribution in [1.82, 2.24) is 0 Å². The maximum atomic E-state index is 10.7. The van der Waals surface area contributed by atoms with Gasteiger partial charge in [0.2, 0.25) is 0 Å². The fourth-order valence-electron chi connectivity index (χ4n) is 2.64. The molecule has 0 aromatic heterocycles. The molecule has 1 fully saturated rings. The zero-order valence-corrected chi connectivity index (χ0v) is 11.4. The van der Waals surface area contributed by atoms with Crippen molar-refractivity contribution in [2.24, 2.45) is 11.1 Å². The molecule has 0 aliphatic carbocycles. The first-order chi connectivity index (χ1) is 8.59. The molecule has 100 valence electrons. The van der Waals surface area contributed by atoms with Crippen LogP contribution in [0.2, 0.25) is 5.02 Å². The maximum Gasteiger partial charge on any atom is 0.0883 e. The monoisotopic (exact) mass is 269 g/mol. The molecule has 0 radical (unpaired) electrons. The van der Waals surface area contributed by atoms with Gasteiger partial charge in [-0.25, -0.2) is 0 Å². The molecule has 3 nitrogen and oxygen atoms in total. The molecule has 2 unspecified atom stereocenters. The summed E-state index contributed by atoms with van der Waals surface area (Å²) in [5.74, 6) is 0. The van der Waals surface area contributed by atoms with Crippen LogP contribution in [-0.4, -0.2) is 24.9 Å². The smallest absolute Gasteiger partial charge is 0.0883 e. The molecule has 4 heteroatoms. The molecule has 0 amide bonds. The Morgan fingerprint density at radius 2 is 2.33 bits per heavy atom. The number of aryl methyl sites for hydroxylation is 1. The van der Waals surface area contributed by atoms with E-state index in [0.29, 0.717) is 18.2 Å². The minimum atomic E-state index is -0.597. The highest BCUT2D eigenvalue weighted by atomic mass is 35.5. The molecule has 1 heterocycles. The molecule has 1 aliphatic rings. The summed E-state index contributed by atoms with van der Waals surface area (Å²) in [6.07, 6.45) is 1.24. The van der Waals surface area contributed by atoms with E-state index in [1.807, 2.05) is 19.1 Å². The van der Waals surface area contributed by atoms with Crippen LogP contribution >= 0.6 is 11.6 Å². The number of rotatable bonds is 3. The minimum absolute atomic E-state index is 0.364. The first-order valence-corrected chi connectivity index (χ1v) is 6.69. The Hall–Kier alpha value is -0.610. The van der Waals surface area contributed by atoms with E-state index in [4.69, 9.17) is 22.1 Å². The second kappa shape index (κ2) is 5.57. The zero-order valence-electron chi connectivity index (χ0n) is 10.7. The van der Waals surface area contributed by atoms with Crippen molar-refractivity contribution >= 4 is 11.6 Å². The van der Waals surface area contributed by atoms with Crippen molar-refractivity contribution in [3.05, 3.63) is 34.3 Å². The Bertz CT molecular complexity index is 416. The largest absolute Gasteiger partial charge is 0.388 e. The Balaban J connectivity index is 2.30. The highest BCUT2D eigenvalue weighted by molar-refractivity contribution is 6.30. The van der Waals surface area contributed by atoms with E-state index < -0.39 is 6.10 Å². The molecule has 1 aromatic rings. The van der Waals surface area contributed by atoms with Crippen LogP contribution in [0.5, 0.6) is 0 Å². The van der Waals surface area contributed by atoms with E-state index >= 15 is 0 Å². The summed E-state index contributed by atoms with van der Waals surface area (Å²) in [6, 6.07) is 5.56. The number of hydrogen-bond acceptors (Lipinski definition) is 3. The first-order valence-electron chi connectivity index (χ1n) is 6.31. The Kier molecular flexibility index (Phi) is 4.28. The predicted molar refractivity (Wildman–Crippen MR) is 72.7 cm³/mol. The number of ether oxygens (including phenoxy) is 1. The van der Waals surface area contributed by atoms with Gasteiger partial charge in [0.1, 0.15) is 0 Å². The van der Waals surface area contributed by atoms with Gasteiger partial charge in [0.15, 0.2) is 0 Å². The third-order valence-electron chi connectivity index (χ3n) is 3.87. The maximum absolute atomic E-state index is 10.7. The summed E-state index contributed by atoms with van der Waals surface area (Å²) in [4.78, 5) is 0. The fourth-order valence-corrected chi connectivity index (χ4v) is 2.86. The minimum Gasteiger partial charge on any atom is -0.388 e. The molecule has 0 spiro atoms. The van der Waals surface area contributed by atoms with Crippen molar-refractivity contribution in [2.45, 2.75) is 25.9 Å². The lowest BCUT2D eigenvalue weighted by atomic mass is 9.74. The highest BCUT2D eigenvalue weighted by Crippen LogP contribution is 2.41. The second-order valence-corrected chi connectivity index (χ2v) is 5.56. The average Bonchev–Trinajstić information content (AvgIpc) is 2.39. The summed E-state index contributed by atoms with van der Waals surface area (Å²) in [7, 11) is 0. The molecule has 1 aliphatic heterocycles. The number of aliphatic hydroxyl groups is 1. The van der Waals surface area contributed by atoms with E-state index in [9.17, 15) is 5.11 Å². The van der Waals surface area contributed by atoms with Crippen LogP contribution in [0, 0.1) is 12.3 Å². The number of nitrogens with two attached hydrogens (primary N) is 1. The van der Waals surface area contributed by atoms with Crippen LogP contribution < -0.4 is 5.73 Å². The summed E-state index contributed by atoms with van der Waals surface area (Å²) in [5.41, 5.74) is 7.42. The van der Waals surface area contributed by atoms with Crippen LogP contribution in [0.1, 0.15) is 30.1 Å². The molecular weight excluding hydrogens is 250 g/mol. The lowest BCUT2D eigenvalue weighted by Gasteiger charge is -2.40. The van der Waals surface area contributed by atoms with Gasteiger partial charge in [0.25, 0.3) is 0 Å². The molecule has 2 atom stereocenters. The summed E-state index contributed by atoms with van der Waals surface area (Å²) in [6.45, 7) is 3.66. The lowest BCUT2D eigenvalue weighted by molar-refractivity contribution is -0.0783. The molecule has 1 saturated heterocycles.